The molecule has 0 aromatic heterocycles. The first-order valence-electron chi connectivity index (χ1n) is 14.8. The summed E-state index contributed by atoms with van der Waals surface area (Å²) in [6.07, 6.45) is 0.521. The van der Waals surface area contributed by atoms with Crippen LogP contribution in [0.1, 0.15) is 64.7 Å². The highest BCUT2D eigenvalue weighted by molar-refractivity contribution is 6.08. The number of para-hydroxylation sites is 3. The largest absolute Gasteiger partial charge is 0.491 e. The van der Waals surface area contributed by atoms with Gasteiger partial charge in [-0.05, 0) is 59.7 Å². The van der Waals surface area contributed by atoms with E-state index < -0.39 is 5.79 Å². The second kappa shape index (κ2) is 17.3. The van der Waals surface area contributed by atoms with Gasteiger partial charge in [0.15, 0.2) is 0 Å². The summed E-state index contributed by atoms with van der Waals surface area (Å²) >= 11 is 0. The van der Waals surface area contributed by atoms with Gasteiger partial charge in [0.25, 0.3) is 5.79 Å². The second-order valence-corrected chi connectivity index (χ2v) is 11.3. The van der Waals surface area contributed by atoms with E-state index >= 15 is 0 Å². The molecule has 3 radical (unpaired) electrons. The molecule has 227 valence electrons. The molecular weight excluding hydrogens is 556 g/mol. The summed E-state index contributed by atoms with van der Waals surface area (Å²) in [6, 6.07) is 24.0. The molecule has 0 aliphatic rings. The van der Waals surface area contributed by atoms with Crippen LogP contribution in [0, 0.1) is 0 Å². The van der Waals surface area contributed by atoms with E-state index in [1.165, 1.54) is 0 Å². The predicted molar refractivity (Wildman–Crippen MR) is 170 cm³/mol. The van der Waals surface area contributed by atoms with Gasteiger partial charge in [0, 0.05) is 33.4 Å². The van der Waals surface area contributed by atoms with E-state index in [0.717, 1.165) is 33.9 Å². The molecule has 3 rings (SSSR count). The zero-order valence-electron chi connectivity index (χ0n) is 26.1. The van der Waals surface area contributed by atoms with E-state index in [-0.39, 0.29) is 18.3 Å². The number of azo groups is 3. The van der Waals surface area contributed by atoms with Gasteiger partial charge in [-0.1, -0.05) is 60.6 Å². The first kappa shape index (κ1) is 33.6. The van der Waals surface area contributed by atoms with Crippen LogP contribution in [-0.2, 0) is 19.6 Å². The third kappa shape index (κ3) is 11.4. The normalized spacial score (nSPS) is 13.5. The average molecular weight is 600 g/mol. The fraction of sp³-hybridized carbons (Fsp3) is 0.455. The quantitative estimate of drug-likeness (QED) is 0.114. The zero-order valence-corrected chi connectivity index (χ0v) is 27.1. The maximum Gasteiger partial charge on any atom is 0.298 e. The van der Waals surface area contributed by atoms with Crippen LogP contribution in [-0.4, -0.2) is 34.3 Å². The van der Waals surface area contributed by atoms with Gasteiger partial charge in [0.1, 0.15) is 17.2 Å². The summed E-state index contributed by atoms with van der Waals surface area (Å²) in [6.45, 7) is 12.9. The molecule has 0 saturated heterocycles. The molecule has 10 heteroatoms. The highest BCUT2D eigenvalue weighted by atomic mass is 28.1. The Labute approximate surface area is 259 Å². The molecule has 0 atom stereocenters. The molecule has 3 aromatic rings. The summed E-state index contributed by atoms with van der Waals surface area (Å²) in [7, 11) is 3.60. The molecule has 0 saturated carbocycles. The highest BCUT2D eigenvalue weighted by Gasteiger charge is 2.29. The summed E-state index contributed by atoms with van der Waals surface area (Å²) in [4.78, 5) is 0. The number of hydrogen-bond donors (Lipinski definition) is 0. The zero-order chi connectivity index (χ0) is 31.1. The van der Waals surface area contributed by atoms with Crippen LogP contribution in [0.4, 0.5) is 0 Å². The number of ether oxygens (including phenoxy) is 3. The van der Waals surface area contributed by atoms with Crippen LogP contribution in [0.15, 0.2) is 103 Å². The van der Waals surface area contributed by atoms with Crippen LogP contribution >= 0.6 is 0 Å². The number of nitrogens with zero attached hydrogens (tertiary/aromatic N) is 6. The number of benzene rings is 3. The first-order valence-corrected chi connectivity index (χ1v) is 15.5. The van der Waals surface area contributed by atoms with Crippen LogP contribution < -0.4 is 14.2 Å². The van der Waals surface area contributed by atoms with Crippen molar-refractivity contribution in [2.24, 2.45) is 30.7 Å². The smallest absolute Gasteiger partial charge is 0.298 e. The van der Waals surface area contributed by atoms with Crippen LogP contribution in [0.25, 0.3) is 0 Å². The average Bonchev–Trinajstić information content (AvgIpc) is 2.95. The lowest BCUT2D eigenvalue weighted by atomic mass is 10.2. The number of rotatable bonds is 17. The van der Waals surface area contributed by atoms with Crippen molar-refractivity contribution in [2.75, 3.05) is 0 Å². The standard InChI is InChI=1S/C33H43N6O3Si/c1-24(2)40-30-16-10-7-13-27(30)21-34-37-33(19-20-43,38-35-22-28-14-8-11-17-31(28)41-25(3)4)39-36-23-29-15-9-12-18-32(29)42-26(5)6/h7-18,24-26H,19-23H2,1-6H3. The second-order valence-electron chi connectivity index (χ2n) is 10.8. The van der Waals surface area contributed by atoms with Crippen molar-refractivity contribution in [3.63, 3.8) is 0 Å². The minimum absolute atomic E-state index is 0.0398. The van der Waals surface area contributed by atoms with Gasteiger partial charge >= 0.3 is 0 Å². The van der Waals surface area contributed by atoms with Gasteiger partial charge < -0.3 is 14.2 Å². The van der Waals surface area contributed by atoms with Gasteiger partial charge in [0.05, 0.1) is 37.9 Å². The predicted octanol–water partition coefficient (Wildman–Crippen LogP) is 8.94. The Morgan fingerprint density at radius 2 is 0.837 bits per heavy atom. The molecule has 0 aliphatic heterocycles. The van der Waals surface area contributed by atoms with Crippen LogP contribution in [0.3, 0.4) is 0 Å². The van der Waals surface area contributed by atoms with Crippen molar-refractivity contribution in [3.05, 3.63) is 89.5 Å². The molecule has 0 heterocycles. The van der Waals surface area contributed by atoms with Crippen molar-refractivity contribution >= 4 is 10.2 Å². The summed E-state index contributed by atoms with van der Waals surface area (Å²) < 4.78 is 17.9. The maximum absolute atomic E-state index is 5.96. The Bertz CT molecular complexity index is 1200. The van der Waals surface area contributed by atoms with Gasteiger partial charge in [-0.15, -0.1) is 15.3 Å². The van der Waals surface area contributed by atoms with Crippen molar-refractivity contribution in [1.29, 1.82) is 0 Å². The summed E-state index contributed by atoms with van der Waals surface area (Å²) in [5.74, 6) is 0.967. The van der Waals surface area contributed by atoms with E-state index in [0.29, 0.717) is 32.1 Å². The van der Waals surface area contributed by atoms with Crippen LogP contribution in [0.5, 0.6) is 17.2 Å². The van der Waals surface area contributed by atoms with E-state index in [1.807, 2.05) is 114 Å². The fourth-order valence-electron chi connectivity index (χ4n) is 4.06. The molecule has 43 heavy (non-hydrogen) atoms. The Morgan fingerprint density at radius 1 is 0.535 bits per heavy atom. The van der Waals surface area contributed by atoms with E-state index in [1.54, 1.807) is 0 Å². The lowest BCUT2D eigenvalue weighted by Crippen LogP contribution is -2.20. The maximum atomic E-state index is 5.96. The molecule has 0 N–H and O–H groups in total. The van der Waals surface area contributed by atoms with E-state index in [9.17, 15) is 0 Å². The first-order chi connectivity index (χ1) is 20.7. The molecular formula is C33H43N6O3Si. The minimum Gasteiger partial charge on any atom is -0.491 e. The third-order valence-corrected chi connectivity index (χ3v) is 6.13. The molecule has 0 amide bonds. The lowest BCUT2D eigenvalue weighted by molar-refractivity contribution is 0.239. The van der Waals surface area contributed by atoms with Crippen molar-refractivity contribution in [3.8, 4) is 17.2 Å². The molecule has 0 spiro atoms. The molecule has 9 nitrogen and oxygen atoms in total. The molecule has 0 fully saturated rings. The molecule has 0 bridgehead atoms. The van der Waals surface area contributed by atoms with Gasteiger partial charge in [-0.3, -0.25) is 0 Å². The monoisotopic (exact) mass is 599 g/mol. The molecule has 0 aliphatic carbocycles. The SMILES string of the molecule is CC(C)Oc1ccccc1CN=NC(CC[Si])(N=NCc1ccccc1OC(C)C)N=NCc1ccccc1OC(C)C. The third-order valence-electron chi connectivity index (χ3n) is 5.88. The van der Waals surface area contributed by atoms with Crippen molar-refractivity contribution in [2.45, 2.75) is 97.7 Å². The Morgan fingerprint density at radius 3 is 1.12 bits per heavy atom. The minimum atomic E-state index is -1.35. The Kier molecular flexibility index (Phi) is 13.5. The fourth-order valence-corrected chi connectivity index (χ4v) is 4.40. The van der Waals surface area contributed by atoms with Gasteiger partial charge in [0.2, 0.25) is 0 Å². The van der Waals surface area contributed by atoms with Crippen LogP contribution in [0.2, 0.25) is 6.04 Å². The Balaban J connectivity index is 1.92. The van der Waals surface area contributed by atoms with Gasteiger partial charge in [-0.25, -0.2) is 0 Å². The van der Waals surface area contributed by atoms with E-state index in [4.69, 9.17) is 14.2 Å². The lowest BCUT2D eigenvalue weighted by Gasteiger charge is -2.18. The summed E-state index contributed by atoms with van der Waals surface area (Å²) in [5, 5.41) is 27.5. The summed E-state index contributed by atoms with van der Waals surface area (Å²) in [5.41, 5.74) is 2.75. The highest BCUT2D eigenvalue weighted by Crippen LogP contribution is 2.28. The van der Waals surface area contributed by atoms with Crippen molar-refractivity contribution in [1.82, 2.24) is 0 Å². The van der Waals surface area contributed by atoms with Gasteiger partial charge in [-0.2, -0.15) is 15.3 Å². The topological polar surface area (TPSA) is 102 Å². The van der Waals surface area contributed by atoms with Crippen molar-refractivity contribution < 1.29 is 14.2 Å². The Hall–Kier alpha value is -3.92. The molecule has 0 unspecified atom stereocenters. The van der Waals surface area contributed by atoms with E-state index in [2.05, 4.69) is 40.9 Å². The number of hydrogen-bond acceptors (Lipinski definition) is 9. The molecule has 3 aromatic carbocycles.